The number of benzene rings is 1. The van der Waals surface area contributed by atoms with Crippen molar-refractivity contribution in [3.05, 3.63) is 71.7 Å². The van der Waals surface area contributed by atoms with E-state index in [1.807, 2.05) is 36.4 Å². The highest BCUT2D eigenvalue weighted by atomic mass is 32.1. The molecular weight excluding hydrogens is 406 g/mol. The predicted molar refractivity (Wildman–Crippen MR) is 116 cm³/mol. The van der Waals surface area contributed by atoms with Gasteiger partial charge in [-0.15, -0.1) is 11.3 Å². The third-order valence-electron chi connectivity index (χ3n) is 5.30. The van der Waals surface area contributed by atoms with Crippen LogP contribution in [-0.4, -0.2) is 16.9 Å². The predicted octanol–water partition coefficient (Wildman–Crippen LogP) is 6.51. The Balaban J connectivity index is 1.68. The Bertz CT molecular complexity index is 970. The summed E-state index contributed by atoms with van der Waals surface area (Å²) in [5.74, 6) is -4.76. The van der Waals surface area contributed by atoms with Crippen LogP contribution >= 0.6 is 11.3 Å². The fraction of sp³-hybridized carbons (Fsp3) is 0.333. The number of fused-ring (bicyclic) bond motifs is 1. The van der Waals surface area contributed by atoms with Gasteiger partial charge < -0.3 is 5.11 Å². The fourth-order valence-corrected chi connectivity index (χ4v) is 4.71. The van der Waals surface area contributed by atoms with Crippen molar-refractivity contribution < 1.29 is 23.5 Å². The Morgan fingerprint density at radius 2 is 2.07 bits per heavy atom. The molecule has 2 atom stereocenters. The zero-order chi connectivity index (χ0) is 21.7. The summed E-state index contributed by atoms with van der Waals surface area (Å²) in [5, 5.41) is 9.43. The first-order chi connectivity index (χ1) is 14.3. The van der Waals surface area contributed by atoms with Crippen LogP contribution in [0.25, 0.3) is 10.1 Å². The summed E-state index contributed by atoms with van der Waals surface area (Å²) in [5.41, 5.74) is 0.660. The molecule has 0 radical (unpaired) electrons. The highest BCUT2D eigenvalue weighted by molar-refractivity contribution is 7.19. The van der Waals surface area contributed by atoms with Gasteiger partial charge in [0.2, 0.25) is 0 Å². The van der Waals surface area contributed by atoms with E-state index < -0.39 is 23.7 Å². The van der Waals surface area contributed by atoms with E-state index in [2.05, 4.69) is 6.58 Å². The van der Waals surface area contributed by atoms with E-state index in [4.69, 9.17) is 5.11 Å². The Morgan fingerprint density at radius 3 is 2.80 bits per heavy atom. The minimum absolute atomic E-state index is 0.00927. The van der Waals surface area contributed by atoms with Crippen molar-refractivity contribution in [3.63, 3.8) is 0 Å². The summed E-state index contributed by atoms with van der Waals surface area (Å²) in [7, 11) is 0. The Morgan fingerprint density at radius 1 is 1.30 bits per heavy atom. The molecule has 3 rings (SSSR count). The van der Waals surface area contributed by atoms with Gasteiger partial charge in [0.25, 0.3) is 0 Å². The first-order valence-corrected chi connectivity index (χ1v) is 10.7. The van der Waals surface area contributed by atoms with Crippen molar-refractivity contribution in [1.82, 2.24) is 0 Å². The number of hydrogen-bond donors (Lipinski definition) is 1. The smallest absolute Gasteiger partial charge is 0.303 e. The zero-order valence-corrected chi connectivity index (χ0v) is 17.3. The van der Waals surface area contributed by atoms with Crippen molar-refractivity contribution >= 4 is 33.2 Å². The average Bonchev–Trinajstić information content (AvgIpc) is 3.24. The van der Waals surface area contributed by atoms with E-state index in [0.717, 1.165) is 27.5 Å². The van der Waals surface area contributed by atoms with Crippen molar-refractivity contribution in [2.75, 3.05) is 0 Å². The number of rotatable bonds is 9. The fourth-order valence-electron chi connectivity index (χ4n) is 3.69. The number of aliphatic carboxylic acids is 1. The van der Waals surface area contributed by atoms with Crippen LogP contribution in [0.2, 0.25) is 0 Å². The van der Waals surface area contributed by atoms with E-state index in [9.17, 15) is 18.4 Å². The maximum atomic E-state index is 14.8. The number of unbranched alkanes of at least 4 members (excludes halogenated alkanes) is 1. The van der Waals surface area contributed by atoms with Gasteiger partial charge >= 0.3 is 11.9 Å². The van der Waals surface area contributed by atoms with Crippen molar-refractivity contribution in [3.8, 4) is 0 Å². The molecule has 0 unspecified atom stereocenters. The van der Waals surface area contributed by atoms with Crippen LogP contribution in [0.1, 0.15) is 37.0 Å². The number of carboxylic acids is 1. The Hall–Kier alpha value is -2.60. The molecule has 0 spiro atoms. The third kappa shape index (κ3) is 5.30. The molecule has 0 bridgehead atoms. The lowest BCUT2D eigenvalue weighted by molar-refractivity contribution is -0.137. The van der Waals surface area contributed by atoms with E-state index in [0.29, 0.717) is 24.8 Å². The van der Waals surface area contributed by atoms with E-state index >= 15 is 0 Å². The number of carbonyl (C=O) groups excluding carboxylic acids is 1. The Labute approximate surface area is 178 Å². The maximum Gasteiger partial charge on any atom is 0.303 e. The summed E-state index contributed by atoms with van der Waals surface area (Å²) in [6.45, 7) is 3.92. The topological polar surface area (TPSA) is 54.4 Å². The molecule has 158 valence electrons. The number of alkyl halides is 2. The van der Waals surface area contributed by atoms with Crippen LogP contribution in [0, 0.1) is 11.8 Å². The highest BCUT2D eigenvalue weighted by Crippen LogP contribution is 2.41. The number of carboxylic acid groups (broad SMARTS) is 1. The van der Waals surface area contributed by atoms with Gasteiger partial charge in [-0.3, -0.25) is 9.59 Å². The second-order valence-electron chi connectivity index (χ2n) is 7.56. The number of thiophene rings is 1. The normalized spacial score (nSPS) is 20.2. The minimum atomic E-state index is -3.12. The van der Waals surface area contributed by atoms with Gasteiger partial charge in [0, 0.05) is 29.4 Å². The number of halogens is 2. The second-order valence-corrected chi connectivity index (χ2v) is 8.64. The summed E-state index contributed by atoms with van der Waals surface area (Å²) in [6.07, 6.45) is 7.91. The number of carbonyl (C=O) groups is 2. The Kier molecular flexibility index (Phi) is 6.98. The largest absolute Gasteiger partial charge is 0.481 e. The van der Waals surface area contributed by atoms with E-state index in [-0.39, 0.29) is 23.5 Å². The van der Waals surface area contributed by atoms with Gasteiger partial charge in [0.15, 0.2) is 0 Å². The molecule has 0 amide bonds. The first-order valence-electron chi connectivity index (χ1n) is 9.91. The van der Waals surface area contributed by atoms with Gasteiger partial charge in [0.05, 0.1) is 4.88 Å². The van der Waals surface area contributed by atoms with Gasteiger partial charge in [-0.2, -0.15) is 8.78 Å². The van der Waals surface area contributed by atoms with Gasteiger partial charge in [-0.25, -0.2) is 0 Å². The number of Topliss-reactive ketones (excluding diaryl/α,β-unsaturated/α-hetero) is 1. The van der Waals surface area contributed by atoms with Crippen LogP contribution in [0.3, 0.4) is 0 Å². The maximum absolute atomic E-state index is 14.8. The van der Waals surface area contributed by atoms with Gasteiger partial charge in [-0.1, -0.05) is 48.6 Å². The van der Waals surface area contributed by atoms with E-state index in [1.165, 1.54) is 12.1 Å². The van der Waals surface area contributed by atoms with Gasteiger partial charge in [-0.05, 0) is 42.9 Å². The van der Waals surface area contributed by atoms with Gasteiger partial charge in [0.1, 0.15) is 5.78 Å². The van der Waals surface area contributed by atoms with Crippen molar-refractivity contribution in [1.29, 1.82) is 0 Å². The third-order valence-corrected chi connectivity index (χ3v) is 6.51. The van der Waals surface area contributed by atoms with Crippen LogP contribution in [-0.2, 0) is 15.5 Å². The summed E-state index contributed by atoms with van der Waals surface area (Å²) < 4.78 is 30.4. The molecule has 1 fully saturated rings. The lowest BCUT2D eigenvalue weighted by Gasteiger charge is -2.16. The first kappa shape index (κ1) is 22.1. The number of allylic oxidation sites excluding steroid dienone is 5. The second kappa shape index (κ2) is 9.47. The molecular formula is C24H24F2O3S. The molecule has 1 aromatic carbocycles. The summed E-state index contributed by atoms with van der Waals surface area (Å²) >= 11 is 1.07. The SMILES string of the molecule is C=C1CC(=O)[C@H](CC=CCCCC(=O)O)[C@H]1C=CC(F)(F)c1cc2ccccc2s1. The van der Waals surface area contributed by atoms with Crippen LogP contribution < -0.4 is 0 Å². The van der Waals surface area contributed by atoms with Crippen LogP contribution in [0.4, 0.5) is 8.78 Å². The molecule has 0 saturated heterocycles. The molecule has 1 aliphatic carbocycles. The molecule has 3 nitrogen and oxygen atoms in total. The van der Waals surface area contributed by atoms with Crippen LogP contribution in [0.15, 0.2) is 66.8 Å². The lowest BCUT2D eigenvalue weighted by Crippen LogP contribution is -2.14. The molecule has 1 N–H and O–H groups in total. The summed E-state index contributed by atoms with van der Waals surface area (Å²) in [6, 6.07) is 8.78. The van der Waals surface area contributed by atoms with Crippen molar-refractivity contribution in [2.24, 2.45) is 11.8 Å². The zero-order valence-electron chi connectivity index (χ0n) is 16.5. The monoisotopic (exact) mass is 430 g/mol. The molecule has 30 heavy (non-hydrogen) atoms. The molecule has 1 heterocycles. The van der Waals surface area contributed by atoms with Crippen molar-refractivity contribution in [2.45, 2.75) is 38.0 Å². The number of hydrogen-bond acceptors (Lipinski definition) is 3. The highest BCUT2D eigenvalue weighted by Gasteiger charge is 2.37. The molecule has 0 aliphatic heterocycles. The molecule has 6 heteroatoms. The summed E-state index contributed by atoms with van der Waals surface area (Å²) in [4.78, 5) is 22.8. The average molecular weight is 431 g/mol. The minimum Gasteiger partial charge on any atom is -0.481 e. The molecule has 1 aromatic heterocycles. The van der Waals surface area contributed by atoms with E-state index in [1.54, 1.807) is 0 Å². The standard InChI is InChI=1S/C24H24F2O3S/c1-16-14-20(27)19(9-4-2-3-5-11-23(28)29)18(16)12-13-24(25,26)22-15-17-8-6-7-10-21(17)30-22/h2,4,6-8,10,12-13,15,18-19H,1,3,5,9,11,14H2,(H,28,29)/t18-,19+/m0/s1. The molecule has 1 saturated carbocycles. The number of ketones is 1. The molecule has 2 aromatic rings. The quantitative estimate of drug-likeness (QED) is 0.364. The molecule has 1 aliphatic rings. The lowest BCUT2D eigenvalue weighted by atomic mass is 9.89. The van der Waals surface area contributed by atoms with Crippen LogP contribution in [0.5, 0.6) is 0 Å².